The van der Waals surface area contributed by atoms with Crippen LogP contribution in [0.15, 0.2) is 54.7 Å². The molecule has 0 bridgehead atoms. The maximum atomic E-state index is 13.9. The van der Waals surface area contributed by atoms with E-state index in [2.05, 4.69) is 10.4 Å². The van der Waals surface area contributed by atoms with Crippen LogP contribution in [0.1, 0.15) is 44.9 Å². The van der Waals surface area contributed by atoms with Crippen LogP contribution in [0.5, 0.6) is 0 Å². The molecule has 0 aliphatic heterocycles. The maximum absolute atomic E-state index is 13.9. The first-order chi connectivity index (χ1) is 14.5. The van der Waals surface area contributed by atoms with Crippen molar-refractivity contribution in [2.75, 3.05) is 6.61 Å². The second kappa shape index (κ2) is 9.01. The van der Waals surface area contributed by atoms with E-state index in [1.807, 2.05) is 6.07 Å². The van der Waals surface area contributed by atoms with Crippen molar-refractivity contribution in [3.05, 3.63) is 82.9 Å². The van der Waals surface area contributed by atoms with Crippen LogP contribution in [0.25, 0.3) is 5.69 Å². The summed E-state index contributed by atoms with van der Waals surface area (Å²) in [6.07, 6.45) is 1.43. The van der Waals surface area contributed by atoms with Gasteiger partial charge in [0.1, 0.15) is 17.4 Å². The second-order valence-corrected chi connectivity index (χ2v) is 6.38. The lowest BCUT2D eigenvalue weighted by atomic mass is 10.1. The van der Waals surface area contributed by atoms with Crippen LogP contribution < -0.4 is 5.32 Å². The molecule has 0 radical (unpaired) electrons. The zero-order valence-corrected chi connectivity index (χ0v) is 16.4. The van der Waals surface area contributed by atoms with Crippen molar-refractivity contribution in [3.63, 3.8) is 0 Å². The van der Waals surface area contributed by atoms with Crippen LogP contribution in [0.4, 0.5) is 4.39 Å². The van der Waals surface area contributed by atoms with Crippen LogP contribution in [0, 0.1) is 24.1 Å². The molecule has 8 heteroatoms. The van der Waals surface area contributed by atoms with Crippen molar-refractivity contribution in [1.82, 2.24) is 15.1 Å². The number of nitrogens with one attached hydrogen (secondary N) is 1. The number of rotatable bonds is 6. The standard InChI is InChI=1S/C22H19FN4O3/c1-3-30-22(29)18-13-25-27(14(18)2)16-10-8-15(9-11-16)21(28)26-20(12-24)17-6-4-5-7-19(17)23/h4-11,13,20H,3H2,1-2H3,(H,26,28). The molecule has 0 spiro atoms. The average molecular weight is 406 g/mol. The molecule has 0 saturated carbocycles. The maximum Gasteiger partial charge on any atom is 0.341 e. The fraction of sp³-hybridized carbons (Fsp3) is 0.182. The highest BCUT2D eigenvalue weighted by Crippen LogP contribution is 2.18. The Hall–Kier alpha value is -3.99. The highest BCUT2D eigenvalue weighted by molar-refractivity contribution is 5.95. The van der Waals surface area contributed by atoms with Gasteiger partial charge in [-0.05, 0) is 44.2 Å². The van der Waals surface area contributed by atoms with Gasteiger partial charge in [-0.3, -0.25) is 4.79 Å². The van der Waals surface area contributed by atoms with E-state index < -0.39 is 23.7 Å². The predicted molar refractivity (Wildman–Crippen MR) is 106 cm³/mol. The molecule has 0 fully saturated rings. The summed E-state index contributed by atoms with van der Waals surface area (Å²) in [5, 5.41) is 16.1. The lowest BCUT2D eigenvalue weighted by molar-refractivity contribution is 0.0525. The number of aromatic nitrogens is 2. The second-order valence-electron chi connectivity index (χ2n) is 6.38. The molecular weight excluding hydrogens is 387 g/mol. The van der Waals surface area contributed by atoms with Crippen molar-refractivity contribution in [1.29, 1.82) is 5.26 Å². The van der Waals surface area contributed by atoms with Gasteiger partial charge in [-0.25, -0.2) is 13.9 Å². The normalized spacial score (nSPS) is 11.4. The first kappa shape index (κ1) is 20.7. The molecule has 0 aliphatic carbocycles. The Morgan fingerprint density at radius 2 is 1.93 bits per heavy atom. The summed E-state index contributed by atoms with van der Waals surface area (Å²) in [6.45, 7) is 3.74. The van der Waals surface area contributed by atoms with Gasteiger partial charge in [0.25, 0.3) is 5.91 Å². The minimum absolute atomic E-state index is 0.101. The zero-order chi connectivity index (χ0) is 21.7. The van der Waals surface area contributed by atoms with Crippen LogP contribution >= 0.6 is 0 Å². The molecule has 3 rings (SSSR count). The van der Waals surface area contributed by atoms with E-state index in [0.717, 1.165) is 0 Å². The molecule has 0 aliphatic rings. The average Bonchev–Trinajstić information content (AvgIpc) is 3.14. The Balaban J connectivity index is 1.77. The topological polar surface area (TPSA) is 97.0 Å². The van der Waals surface area contributed by atoms with Crippen LogP contribution in [0.3, 0.4) is 0 Å². The number of esters is 1. The molecular formula is C22H19FN4O3. The van der Waals surface area contributed by atoms with Gasteiger partial charge in [0.2, 0.25) is 0 Å². The smallest absolute Gasteiger partial charge is 0.341 e. The Morgan fingerprint density at radius 1 is 1.23 bits per heavy atom. The third-order valence-corrected chi connectivity index (χ3v) is 4.50. The van der Waals surface area contributed by atoms with Gasteiger partial charge >= 0.3 is 5.97 Å². The van der Waals surface area contributed by atoms with E-state index in [4.69, 9.17) is 4.74 Å². The first-order valence-electron chi connectivity index (χ1n) is 9.23. The van der Waals surface area contributed by atoms with Gasteiger partial charge in [0.15, 0.2) is 0 Å². The molecule has 1 N–H and O–H groups in total. The van der Waals surface area contributed by atoms with Crippen molar-refractivity contribution < 1.29 is 18.7 Å². The highest BCUT2D eigenvalue weighted by Gasteiger charge is 2.19. The number of carbonyl (C=O) groups is 2. The largest absolute Gasteiger partial charge is 0.462 e. The quantitative estimate of drug-likeness (QED) is 0.632. The third-order valence-electron chi connectivity index (χ3n) is 4.50. The molecule has 1 aromatic heterocycles. The molecule has 1 unspecified atom stereocenters. The fourth-order valence-electron chi connectivity index (χ4n) is 2.94. The molecule has 7 nitrogen and oxygen atoms in total. The SMILES string of the molecule is CCOC(=O)c1cnn(-c2ccc(C(=O)NC(C#N)c3ccccc3F)cc2)c1C. The van der Waals surface area contributed by atoms with Gasteiger partial charge in [0, 0.05) is 11.1 Å². The minimum Gasteiger partial charge on any atom is -0.462 e. The fourth-order valence-corrected chi connectivity index (χ4v) is 2.94. The molecule has 1 amide bonds. The van der Waals surface area contributed by atoms with Crippen molar-refractivity contribution in [2.45, 2.75) is 19.9 Å². The molecule has 152 valence electrons. The number of amides is 1. The summed E-state index contributed by atoms with van der Waals surface area (Å²) >= 11 is 0. The lowest BCUT2D eigenvalue weighted by Crippen LogP contribution is -2.28. The number of hydrogen-bond acceptors (Lipinski definition) is 5. The first-order valence-corrected chi connectivity index (χ1v) is 9.23. The van der Waals surface area contributed by atoms with Crippen molar-refractivity contribution >= 4 is 11.9 Å². The summed E-state index contributed by atoms with van der Waals surface area (Å²) in [5.41, 5.74) is 2.01. The van der Waals surface area contributed by atoms with E-state index in [9.17, 15) is 19.2 Å². The Bertz CT molecular complexity index is 1120. The van der Waals surface area contributed by atoms with E-state index in [1.165, 1.54) is 24.4 Å². The van der Waals surface area contributed by atoms with Crippen LogP contribution in [0.2, 0.25) is 0 Å². The van der Waals surface area contributed by atoms with Crippen LogP contribution in [-0.4, -0.2) is 28.3 Å². The van der Waals surface area contributed by atoms with Gasteiger partial charge in [-0.2, -0.15) is 10.4 Å². The van der Waals surface area contributed by atoms with E-state index >= 15 is 0 Å². The third kappa shape index (κ3) is 4.20. The number of nitrogens with zero attached hydrogens (tertiary/aromatic N) is 3. The molecule has 0 saturated heterocycles. The van der Waals surface area contributed by atoms with Gasteiger partial charge in [0.05, 0.1) is 30.3 Å². The summed E-state index contributed by atoms with van der Waals surface area (Å²) in [4.78, 5) is 24.5. The number of halogens is 1. The lowest BCUT2D eigenvalue weighted by Gasteiger charge is -2.13. The molecule has 1 heterocycles. The summed E-state index contributed by atoms with van der Waals surface area (Å²) in [6, 6.07) is 13.0. The molecule has 2 aromatic carbocycles. The van der Waals surface area contributed by atoms with E-state index in [0.29, 0.717) is 22.5 Å². The Morgan fingerprint density at radius 3 is 2.57 bits per heavy atom. The van der Waals surface area contributed by atoms with Crippen LogP contribution in [-0.2, 0) is 4.74 Å². The van der Waals surface area contributed by atoms with E-state index in [-0.39, 0.29) is 12.2 Å². The molecule has 3 aromatic rings. The number of hydrogen-bond donors (Lipinski definition) is 1. The summed E-state index contributed by atoms with van der Waals surface area (Å²) < 4.78 is 20.5. The van der Waals surface area contributed by atoms with E-state index in [1.54, 1.807) is 48.9 Å². The van der Waals surface area contributed by atoms with Crippen molar-refractivity contribution in [3.8, 4) is 11.8 Å². The minimum atomic E-state index is -1.11. The Labute approximate surface area is 172 Å². The van der Waals surface area contributed by atoms with Crippen molar-refractivity contribution in [2.24, 2.45) is 0 Å². The number of carbonyl (C=O) groups excluding carboxylic acids is 2. The molecule has 30 heavy (non-hydrogen) atoms. The highest BCUT2D eigenvalue weighted by atomic mass is 19.1. The molecule has 1 atom stereocenters. The van der Waals surface area contributed by atoms with Gasteiger partial charge in [-0.1, -0.05) is 18.2 Å². The summed E-state index contributed by atoms with van der Waals surface area (Å²) in [7, 11) is 0. The number of ether oxygens (including phenoxy) is 1. The predicted octanol–water partition coefficient (Wildman–Crippen LogP) is 3.49. The monoisotopic (exact) mass is 406 g/mol. The van der Waals surface area contributed by atoms with Gasteiger partial charge in [-0.15, -0.1) is 0 Å². The Kier molecular flexibility index (Phi) is 6.23. The number of benzene rings is 2. The van der Waals surface area contributed by atoms with Gasteiger partial charge < -0.3 is 10.1 Å². The number of nitriles is 1. The zero-order valence-electron chi connectivity index (χ0n) is 16.4. The summed E-state index contributed by atoms with van der Waals surface area (Å²) in [5.74, 6) is -1.53.